The van der Waals surface area contributed by atoms with E-state index in [1.54, 1.807) is 0 Å². The van der Waals surface area contributed by atoms with Gasteiger partial charge in [0.05, 0.1) is 0 Å². The lowest BCUT2D eigenvalue weighted by molar-refractivity contribution is 0.0725. The van der Waals surface area contributed by atoms with Crippen LogP contribution in [-0.4, -0.2) is 46.7 Å². The fourth-order valence-electron chi connectivity index (χ4n) is 3.21. The topological polar surface area (TPSA) is 33.1 Å². The van der Waals surface area contributed by atoms with Crippen molar-refractivity contribution in [2.24, 2.45) is 5.92 Å². The van der Waals surface area contributed by atoms with Gasteiger partial charge in [-0.05, 0) is 38.8 Å². The van der Waals surface area contributed by atoms with E-state index in [0.29, 0.717) is 0 Å². The number of rotatable bonds is 4. The van der Waals surface area contributed by atoms with E-state index in [2.05, 4.69) is 32.9 Å². The summed E-state index contributed by atoms with van der Waals surface area (Å²) in [5.41, 5.74) is 0. The molecule has 2 bridgehead atoms. The van der Waals surface area contributed by atoms with Crippen LogP contribution in [0.15, 0.2) is 12.4 Å². The average molecular weight is 234 g/mol. The molecule has 1 unspecified atom stereocenters. The molecule has 94 valence electrons. The van der Waals surface area contributed by atoms with E-state index in [1.165, 1.54) is 32.5 Å². The van der Waals surface area contributed by atoms with Crippen LogP contribution in [0.3, 0.4) is 0 Å². The van der Waals surface area contributed by atoms with Gasteiger partial charge >= 0.3 is 0 Å². The van der Waals surface area contributed by atoms with Crippen LogP contribution in [0.4, 0.5) is 0 Å². The Morgan fingerprint density at radius 2 is 2.24 bits per heavy atom. The monoisotopic (exact) mass is 234 g/mol. The van der Waals surface area contributed by atoms with Gasteiger partial charge in [-0.1, -0.05) is 0 Å². The predicted octanol–water partition coefficient (Wildman–Crippen LogP) is 0.875. The van der Waals surface area contributed by atoms with Gasteiger partial charge in [0.25, 0.3) is 0 Å². The van der Waals surface area contributed by atoms with Crippen molar-refractivity contribution >= 4 is 0 Å². The molecule has 1 N–H and O–H groups in total. The van der Waals surface area contributed by atoms with Crippen molar-refractivity contribution in [1.82, 2.24) is 19.8 Å². The van der Waals surface area contributed by atoms with Gasteiger partial charge in [0, 0.05) is 38.1 Å². The van der Waals surface area contributed by atoms with Gasteiger partial charge in [-0.2, -0.15) is 0 Å². The summed E-state index contributed by atoms with van der Waals surface area (Å²) in [6.45, 7) is 8.07. The zero-order valence-electron chi connectivity index (χ0n) is 10.6. The van der Waals surface area contributed by atoms with Crippen molar-refractivity contribution < 1.29 is 0 Å². The van der Waals surface area contributed by atoms with Gasteiger partial charge in [0.15, 0.2) is 0 Å². The minimum absolute atomic E-state index is 0.723. The summed E-state index contributed by atoms with van der Waals surface area (Å²) in [6.07, 6.45) is 6.72. The van der Waals surface area contributed by atoms with Gasteiger partial charge in [0.1, 0.15) is 5.82 Å². The molecule has 4 heterocycles. The van der Waals surface area contributed by atoms with Crippen LogP contribution in [0.2, 0.25) is 0 Å². The van der Waals surface area contributed by atoms with Crippen molar-refractivity contribution in [2.45, 2.75) is 32.4 Å². The number of fused-ring (bicyclic) bond motifs is 3. The number of nitrogens with zero attached hydrogens (tertiary/aromatic N) is 3. The smallest absolute Gasteiger partial charge is 0.105 e. The Bertz CT molecular complexity index is 365. The van der Waals surface area contributed by atoms with Crippen molar-refractivity contribution in [2.75, 3.05) is 26.2 Å². The number of hydrogen-bond donors (Lipinski definition) is 1. The first kappa shape index (κ1) is 11.2. The van der Waals surface area contributed by atoms with E-state index < -0.39 is 0 Å². The number of piperidine rings is 3. The standard InChI is InChI=1S/C13H22N4/c1-11-14-4-8-17(11)9-5-15-13-10-16-6-2-12(13)3-7-16/h4,8,12-13,15H,2-3,5-7,9-10H2,1H3. The first-order valence-corrected chi connectivity index (χ1v) is 6.76. The van der Waals surface area contributed by atoms with E-state index in [0.717, 1.165) is 30.9 Å². The van der Waals surface area contributed by atoms with Crippen molar-refractivity contribution in [3.63, 3.8) is 0 Å². The zero-order chi connectivity index (χ0) is 11.7. The molecule has 3 fully saturated rings. The van der Waals surface area contributed by atoms with Crippen molar-refractivity contribution in [3.8, 4) is 0 Å². The maximum atomic E-state index is 4.25. The highest BCUT2D eigenvalue weighted by Gasteiger charge is 2.33. The molecule has 3 aliphatic heterocycles. The van der Waals surface area contributed by atoms with Crippen LogP contribution in [0.25, 0.3) is 0 Å². The largest absolute Gasteiger partial charge is 0.334 e. The third kappa shape index (κ3) is 2.38. The summed E-state index contributed by atoms with van der Waals surface area (Å²) in [5, 5.41) is 3.73. The van der Waals surface area contributed by atoms with E-state index in [-0.39, 0.29) is 0 Å². The molecule has 0 amide bonds. The Morgan fingerprint density at radius 1 is 1.41 bits per heavy atom. The lowest BCUT2D eigenvalue weighted by atomic mass is 9.84. The van der Waals surface area contributed by atoms with Gasteiger partial charge in [-0.25, -0.2) is 4.98 Å². The first-order chi connectivity index (χ1) is 8.33. The molecule has 4 rings (SSSR count). The summed E-state index contributed by atoms with van der Waals surface area (Å²) in [4.78, 5) is 6.84. The van der Waals surface area contributed by atoms with Gasteiger partial charge in [0.2, 0.25) is 0 Å². The Morgan fingerprint density at radius 3 is 2.82 bits per heavy atom. The molecular weight excluding hydrogens is 212 g/mol. The van der Waals surface area contributed by atoms with Crippen molar-refractivity contribution in [1.29, 1.82) is 0 Å². The summed E-state index contributed by atoms with van der Waals surface area (Å²) < 4.78 is 2.22. The minimum atomic E-state index is 0.723. The van der Waals surface area contributed by atoms with E-state index >= 15 is 0 Å². The van der Waals surface area contributed by atoms with Crippen LogP contribution in [-0.2, 0) is 6.54 Å². The normalized spacial score (nSPS) is 31.9. The molecule has 0 radical (unpaired) electrons. The molecule has 1 aromatic heterocycles. The molecule has 3 aliphatic rings. The van der Waals surface area contributed by atoms with Gasteiger partial charge in [-0.3, -0.25) is 0 Å². The second-order valence-corrected chi connectivity index (χ2v) is 5.37. The lowest BCUT2D eigenvalue weighted by Crippen LogP contribution is -2.56. The molecule has 0 spiro atoms. The van der Waals surface area contributed by atoms with Crippen LogP contribution in [0.1, 0.15) is 18.7 Å². The van der Waals surface area contributed by atoms with E-state index in [1.807, 2.05) is 6.20 Å². The molecule has 3 saturated heterocycles. The molecule has 0 aromatic carbocycles. The Hall–Kier alpha value is -0.870. The highest BCUT2D eigenvalue weighted by atomic mass is 15.2. The molecule has 4 nitrogen and oxygen atoms in total. The fourth-order valence-corrected chi connectivity index (χ4v) is 3.21. The predicted molar refractivity (Wildman–Crippen MR) is 67.9 cm³/mol. The number of hydrogen-bond acceptors (Lipinski definition) is 3. The Balaban J connectivity index is 1.47. The van der Waals surface area contributed by atoms with Crippen LogP contribution < -0.4 is 5.32 Å². The maximum Gasteiger partial charge on any atom is 0.105 e. The summed E-state index contributed by atoms with van der Waals surface area (Å²) in [7, 11) is 0. The quantitative estimate of drug-likeness (QED) is 0.839. The number of nitrogens with one attached hydrogen (secondary N) is 1. The fraction of sp³-hybridized carbons (Fsp3) is 0.769. The van der Waals surface area contributed by atoms with E-state index in [4.69, 9.17) is 0 Å². The third-order valence-electron chi connectivity index (χ3n) is 4.34. The third-order valence-corrected chi connectivity index (χ3v) is 4.34. The lowest BCUT2D eigenvalue weighted by Gasteiger charge is -2.45. The number of aryl methyl sites for hydroxylation is 1. The summed E-state index contributed by atoms with van der Waals surface area (Å²) in [6, 6.07) is 0.723. The molecule has 0 saturated carbocycles. The minimum Gasteiger partial charge on any atom is -0.334 e. The number of imidazole rings is 1. The molecule has 0 aliphatic carbocycles. The second kappa shape index (κ2) is 4.78. The maximum absolute atomic E-state index is 4.25. The summed E-state index contributed by atoms with van der Waals surface area (Å²) >= 11 is 0. The van der Waals surface area contributed by atoms with Crippen LogP contribution in [0.5, 0.6) is 0 Å². The number of aromatic nitrogens is 2. The van der Waals surface area contributed by atoms with Gasteiger partial charge < -0.3 is 14.8 Å². The van der Waals surface area contributed by atoms with Gasteiger partial charge in [-0.15, -0.1) is 0 Å². The zero-order valence-corrected chi connectivity index (χ0v) is 10.6. The average Bonchev–Trinajstić information content (AvgIpc) is 2.77. The SMILES string of the molecule is Cc1nccn1CCNC1CN2CCC1CC2. The molecule has 4 heteroatoms. The molecule has 1 atom stereocenters. The molecule has 17 heavy (non-hydrogen) atoms. The van der Waals surface area contributed by atoms with Crippen LogP contribution in [0, 0.1) is 12.8 Å². The van der Waals surface area contributed by atoms with Crippen molar-refractivity contribution in [3.05, 3.63) is 18.2 Å². The first-order valence-electron chi connectivity index (χ1n) is 6.76. The summed E-state index contributed by atoms with van der Waals surface area (Å²) in [5.74, 6) is 2.03. The molecular formula is C13H22N4. The highest BCUT2D eigenvalue weighted by Crippen LogP contribution is 2.27. The second-order valence-electron chi connectivity index (χ2n) is 5.37. The van der Waals surface area contributed by atoms with E-state index in [9.17, 15) is 0 Å². The highest BCUT2D eigenvalue weighted by molar-refractivity contribution is 4.92. The molecule has 1 aromatic rings. The Kier molecular flexibility index (Phi) is 3.16. The Labute approximate surface area is 103 Å². The van der Waals surface area contributed by atoms with Crippen LogP contribution >= 0.6 is 0 Å².